The van der Waals surface area contributed by atoms with Crippen molar-refractivity contribution in [3.05, 3.63) is 29.0 Å². The number of fused-ring (bicyclic) bond motifs is 1. The molecule has 0 bridgehead atoms. The first-order chi connectivity index (χ1) is 11.5. The van der Waals surface area contributed by atoms with Crippen LogP contribution in [0.2, 0.25) is 5.02 Å². The van der Waals surface area contributed by atoms with Crippen molar-refractivity contribution >= 4 is 28.5 Å². The summed E-state index contributed by atoms with van der Waals surface area (Å²) in [5.41, 5.74) is 0.464. The molecule has 0 saturated heterocycles. The van der Waals surface area contributed by atoms with E-state index in [2.05, 4.69) is 5.32 Å². The molecule has 0 aliphatic heterocycles. The zero-order chi connectivity index (χ0) is 17.3. The number of rotatable bonds is 4. The van der Waals surface area contributed by atoms with Gasteiger partial charge in [0.2, 0.25) is 0 Å². The highest BCUT2D eigenvalue weighted by Gasteiger charge is 2.33. The van der Waals surface area contributed by atoms with E-state index in [1.165, 1.54) is 7.11 Å². The van der Waals surface area contributed by atoms with E-state index in [1.54, 1.807) is 25.3 Å². The Morgan fingerprint density at radius 1 is 1.33 bits per heavy atom. The monoisotopic (exact) mass is 353 g/mol. The fourth-order valence-corrected chi connectivity index (χ4v) is 3.36. The van der Waals surface area contributed by atoms with Gasteiger partial charge in [-0.25, -0.2) is 0 Å². The highest BCUT2D eigenvalue weighted by atomic mass is 35.5. The topological polar surface area (TPSA) is 80.9 Å². The van der Waals surface area contributed by atoms with E-state index in [1.807, 2.05) is 0 Å². The molecule has 3 atom stereocenters. The number of methoxy groups -OCH3 is 2. The summed E-state index contributed by atoms with van der Waals surface area (Å²) in [6, 6.07) is 4.58. The van der Waals surface area contributed by atoms with Crippen molar-refractivity contribution in [2.45, 2.75) is 37.5 Å². The molecule has 0 radical (unpaired) electrons. The molecular weight excluding hydrogens is 334 g/mol. The van der Waals surface area contributed by atoms with Crippen molar-refractivity contribution in [1.29, 1.82) is 0 Å². The van der Waals surface area contributed by atoms with Gasteiger partial charge < -0.3 is 24.3 Å². The van der Waals surface area contributed by atoms with Gasteiger partial charge in [-0.3, -0.25) is 4.79 Å². The summed E-state index contributed by atoms with van der Waals surface area (Å²) in [5.74, 6) is 0.233. The smallest absolute Gasteiger partial charge is 0.287 e. The molecule has 24 heavy (non-hydrogen) atoms. The van der Waals surface area contributed by atoms with Crippen LogP contribution < -0.4 is 10.1 Å². The maximum absolute atomic E-state index is 12.5. The standard InChI is InChI=1S/C17H20ClNO5/c1-22-12-5-3-4-11(15(12)20)19-17(21)14-7-9-6-10(18)8-13(23-2)16(9)24-14/h6-8,11-12,15,20H,3-5H2,1-2H3,(H,19,21)/t11-,12-,15-/m1/s1. The lowest BCUT2D eigenvalue weighted by Gasteiger charge is -2.34. The minimum absolute atomic E-state index is 0.150. The lowest BCUT2D eigenvalue weighted by Crippen LogP contribution is -2.51. The zero-order valence-electron chi connectivity index (χ0n) is 13.5. The summed E-state index contributed by atoms with van der Waals surface area (Å²) in [4.78, 5) is 12.5. The van der Waals surface area contributed by atoms with Crippen LogP contribution in [0.5, 0.6) is 5.75 Å². The Morgan fingerprint density at radius 2 is 2.12 bits per heavy atom. The van der Waals surface area contributed by atoms with E-state index in [4.69, 9.17) is 25.5 Å². The average Bonchev–Trinajstić information content (AvgIpc) is 3.00. The number of nitrogens with one attached hydrogen (secondary N) is 1. The van der Waals surface area contributed by atoms with Gasteiger partial charge in [0.25, 0.3) is 5.91 Å². The van der Waals surface area contributed by atoms with Crippen LogP contribution in [0.4, 0.5) is 0 Å². The molecule has 6 nitrogen and oxygen atoms in total. The van der Waals surface area contributed by atoms with Crippen LogP contribution in [-0.4, -0.2) is 43.5 Å². The van der Waals surface area contributed by atoms with Crippen LogP contribution in [0.1, 0.15) is 29.8 Å². The molecule has 2 N–H and O–H groups in total. The molecule has 1 aromatic carbocycles. The van der Waals surface area contributed by atoms with Gasteiger partial charge in [0, 0.05) is 23.6 Å². The molecule has 1 aromatic heterocycles. The first-order valence-corrected chi connectivity index (χ1v) is 8.20. The van der Waals surface area contributed by atoms with E-state index in [-0.39, 0.29) is 23.8 Å². The summed E-state index contributed by atoms with van der Waals surface area (Å²) in [6.45, 7) is 0. The first-order valence-electron chi connectivity index (χ1n) is 7.82. The van der Waals surface area contributed by atoms with Gasteiger partial charge in [0.15, 0.2) is 17.1 Å². The Kier molecular flexibility index (Phi) is 4.99. The highest BCUT2D eigenvalue weighted by molar-refractivity contribution is 6.31. The summed E-state index contributed by atoms with van der Waals surface area (Å²) >= 11 is 6.03. The molecule has 3 rings (SSSR count). The van der Waals surface area contributed by atoms with Crippen molar-refractivity contribution in [1.82, 2.24) is 5.32 Å². The van der Waals surface area contributed by atoms with Gasteiger partial charge in [-0.15, -0.1) is 0 Å². The van der Waals surface area contributed by atoms with Gasteiger partial charge in [-0.1, -0.05) is 11.6 Å². The van der Waals surface area contributed by atoms with Crippen LogP contribution in [0.25, 0.3) is 11.0 Å². The third-order valence-corrected chi connectivity index (χ3v) is 4.63. The predicted octanol–water partition coefficient (Wildman–Crippen LogP) is 2.75. The van der Waals surface area contributed by atoms with Crippen molar-refractivity contribution in [3.8, 4) is 5.75 Å². The number of amides is 1. The second-order valence-corrected chi connectivity index (χ2v) is 6.35. The zero-order valence-corrected chi connectivity index (χ0v) is 14.3. The van der Waals surface area contributed by atoms with Crippen LogP contribution >= 0.6 is 11.6 Å². The maximum atomic E-state index is 12.5. The Balaban J connectivity index is 1.81. The molecular formula is C17H20ClNO5. The molecule has 1 aliphatic rings. The van der Waals surface area contributed by atoms with Crippen LogP contribution in [-0.2, 0) is 4.74 Å². The Bertz CT molecular complexity index is 744. The Labute approximate surface area is 144 Å². The lowest BCUT2D eigenvalue weighted by molar-refractivity contribution is -0.0514. The SMILES string of the molecule is COc1cc(Cl)cc2cc(C(=O)N[C@@H]3CCC[C@@H](OC)[C@@H]3O)oc12. The van der Waals surface area contributed by atoms with E-state index in [0.717, 1.165) is 12.8 Å². The molecule has 1 amide bonds. The molecule has 0 unspecified atom stereocenters. The van der Waals surface area contributed by atoms with E-state index in [9.17, 15) is 9.90 Å². The Morgan fingerprint density at radius 3 is 2.83 bits per heavy atom. The Hall–Kier alpha value is -1.76. The van der Waals surface area contributed by atoms with Gasteiger partial charge in [-0.2, -0.15) is 0 Å². The molecule has 1 heterocycles. The number of benzene rings is 1. The molecule has 0 spiro atoms. The minimum Gasteiger partial charge on any atom is -0.493 e. The van der Waals surface area contributed by atoms with Crippen molar-refractivity contribution in [2.24, 2.45) is 0 Å². The van der Waals surface area contributed by atoms with E-state index >= 15 is 0 Å². The number of aliphatic hydroxyl groups excluding tert-OH is 1. The van der Waals surface area contributed by atoms with Crippen LogP contribution in [0, 0.1) is 0 Å². The van der Waals surface area contributed by atoms with Crippen LogP contribution in [0.3, 0.4) is 0 Å². The van der Waals surface area contributed by atoms with E-state index < -0.39 is 6.10 Å². The molecule has 7 heteroatoms. The second-order valence-electron chi connectivity index (χ2n) is 5.91. The second kappa shape index (κ2) is 7.01. The third-order valence-electron chi connectivity index (χ3n) is 4.41. The largest absolute Gasteiger partial charge is 0.493 e. The number of carbonyl (C=O) groups excluding carboxylic acids is 1. The quantitative estimate of drug-likeness (QED) is 0.883. The van der Waals surface area contributed by atoms with Gasteiger partial charge >= 0.3 is 0 Å². The van der Waals surface area contributed by atoms with Crippen LogP contribution in [0.15, 0.2) is 22.6 Å². The summed E-state index contributed by atoms with van der Waals surface area (Å²) < 4.78 is 16.1. The molecule has 1 fully saturated rings. The van der Waals surface area contributed by atoms with Gasteiger partial charge in [-0.05, 0) is 31.4 Å². The van der Waals surface area contributed by atoms with Crippen molar-refractivity contribution in [3.63, 3.8) is 0 Å². The van der Waals surface area contributed by atoms with Gasteiger partial charge in [0.1, 0.15) is 6.10 Å². The number of furan rings is 1. The number of ether oxygens (including phenoxy) is 2. The number of hydrogen-bond acceptors (Lipinski definition) is 5. The number of hydrogen-bond donors (Lipinski definition) is 2. The fourth-order valence-electron chi connectivity index (χ4n) is 3.14. The number of halogens is 1. The molecule has 130 valence electrons. The molecule has 2 aromatic rings. The summed E-state index contributed by atoms with van der Waals surface area (Å²) in [5, 5.41) is 14.3. The first kappa shape index (κ1) is 17.1. The van der Waals surface area contributed by atoms with Crippen molar-refractivity contribution in [2.75, 3.05) is 14.2 Å². The van der Waals surface area contributed by atoms with Gasteiger partial charge in [0.05, 0.1) is 19.3 Å². The third kappa shape index (κ3) is 3.22. The lowest BCUT2D eigenvalue weighted by atomic mass is 9.90. The highest BCUT2D eigenvalue weighted by Crippen LogP contribution is 2.32. The van der Waals surface area contributed by atoms with E-state index in [0.29, 0.717) is 28.2 Å². The maximum Gasteiger partial charge on any atom is 0.287 e. The predicted molar refractivity (Wildman–Crippen MR) is 89.7 cm³/mol. The molecule has 1 saturated carbocycles. The molecule has 1 aliphatic carbocycles. The summed E-state index contributed by atoms with van der Waals surface area (Å²) in [6.07, 6.45) is 1.36. The average molecular weight is 354 g/mol. The normalized spacial score (nSPS) is 24.1. The number of carbonyl (C=O) groups is 1. The minimum atomic E-state index is -0.735. The fraction of sp³-hybridized carbons (Fsp3) is 0.471. The van der Waals surface area contributed by atoms with Crippen molar-refractivity contribution < 1.29 is 23.8 Å². The summed E-state index contributed by atoms with van der Waals surface area (Å²) in [7, 11) is 3.07. The number of aliphatic hydroxyl groups is 1.